The van der Waals surface area contributed by atoms with E-state index in [0.717, 1.165) is 11.1 Å². The molecule has 0 saturated heterocycles. The average molecular weight is 443 g/mol. The summed E-state index contributed by atoms with van der Waals surface area (Å²) >= 11 is 5.90. The fraction of sp³-hybridized carbons (Fsp3) is 0.174. The number of hydrogen-bond acceptors (Lipinski definition) is 3. The highest BCUT2D eigenvalue weighted by molar-refractivity contribution is 7.89. The van der Waals surface area contributed by atoms with Gasteiger partial charge in [0.1, 0.15) is 0 Å². The fourth-order valence-electron chi connectivity index (χ4n) is 2.99. The van der Waals surface area contributed by atoms with E-state index >= 15 is 0 Å². The number of sulfonamides is 1. The molecule has 0 radical (unpaired) electrons. The van der Waals surface area contributed by atoms with E-state index in [9.17, 15) is 13.2 Å². The predicted octanol–water partition coefficient (Wildman–Crippen LogP) is 4.19. The van der Waals surface area contributed by atoms with E-state index in [1.807, 2.05) is 60.7 Å². The maximum atomic E-state index is 13.3. The molecule has 0 saturated carbocycles. The van der Waals surface area contributed by atoms with Crippen LogP contribution in [-0.4, -0.2) is 37.1 Å². The molecule has 3 aromatic rings. The van der Waals surface area contributed by atoms with E-state index in [4.69, 9.17) is 11.6 Å². The molecule has 0 fully saturated rings. The second-order valence-electron chi connectivity index (χ2n) is 6.95. The van der Waals surface area contributed by atoms with Gasteiger partial charge in [-0.2, -0.15) is 4.31 Å². The summed E-state index contributed by atoms with van der Waals surface area (Å²) in [7, 11) is -2.22. The van der Waals surface area contributed by atoms with Crippen LogP contribution in [0.4, 0.5) is 0 Å². The topological polar surface area (TPSA) is 57.7 Å². The van der Waals surface area contributed by atoms with Gasteiger partial charge in [-0.05, 0) is 35.4 Å². The molecule has 3 rings (SSSR count). The second kappa shape index (κ2) is 9.89. The van der Waals surface area contributed by atoms with Gasteiger partial charge in [-0.3, -0.25) is 4.79 Å². The van der Waals surface area contributed by atoms with Crippen LogP contribution in [0.25, 0.3) is 0 Å². The zero-order chi connectivity index (χ0) is 21.6. The fourth-order valence-corrected chi connectivity index (χ4v) is 4.49. The van der Waals surface area contributed by atoms with Gasteiger partial charge in [0.05, 0.1) is 11.4 Å². The lowest BCUT2D eigenvalue weighted by molar-refractivity contribution is -0.130. The molecule has 0 bridgehead atoms. The van der Waals surface area contributed by atoms with E-state index in [1.165, 1.54) is 33.5 Å². The van der Waals surface area contributed by atoms with Crippen LogP contribution >= 0.6 is 11.6 Å². The van der Waals surface area contributed by atoms with E-state index in [-0.39, 0.29) is 23.9 Å². The molecule has 0 aliphatic rings. The van der Waals surface area contributed by atoms with Crippen LogP contribution in [-0.2, 0) is 27.9 Å². The third-order valence-corrected chi connectivity index (χ3v) is 6.71. The molecule has 0 atom stereocenters. The minimum Gasteiger partial charge on any atom is -0.340 e. The van der Waals surface area contributed by atoms with Gasteiger partial charge in [0.2, 0.25) is 15.9 Å². The van der Waals surface area contributed by atoms with Crippen molar-refractivity contribution < 1.29 is 13.2 Å². The Hall–Kier alpha value is -2.67. The lowest BCUT2D eigenvalue weighted by Crippen LogP contribution is -2.40. The van der Waals surface area contributed by atoms with Gasteiger partial charge in [0.25, 0.3) is 0 Å². The Morgan fingerprint density at radius 2 is 1.30 bits per heavy atom. The van der Waals surface area contributed by atoms with E-state index in [2.05, 4.69) is 0 Å². The van der Waals surface area contributed by atoms with Crippen molar-refractivity contribution in [2.45, 2.75) is 18.0 Å². The summed E-state index contributed by atoms with van der Waals surface area (Å²) in [4.78, 5) is 14.5. The van der Waals surface area contributed by atoms with Crippen LogP contribution in [0.5, 0.6) is 0 Å². The second-order valence-corrected chi connectivity index (χ2v) is 9.32. The number of carbonyl (C=O) groups excluding carboxylic acids is 1. The molecule has 0 heterocycles. The van der Waals surface area contributed by atoms with Crippen LogP contribution in [0, 0.1) is 0 Å². The minimum absolute atomic E-state index is 0.0940. The number of benzene rings is 3. The van der Waals surface area contributed by atoms with E-state index in [0.29, 0.717) is 11.6 Å². The molecule has 5 nitrogen and oxygen atoms in total. The number of amides is 1. The summed E-state index contributed by atoms with van der Waals surface area (Å²) in [6.45, 7) is 0.236. The van der Waals surface area contributed by atoms with Crippen molar-refractivity contribution in [3.63, 3.8) is 0 Å². The van der Waals surface area contributed by atoms with Crippen molar-refractivity contribution >= 4 is 27.5 Å². The van der Waals surface area contributed by atoms with Gasteiger partial charge in [0.15, 0.2) is 0 Å². The first-order valence-corrected chi connectivity index (χ1v) is 11.3. The molecule has 0 aliphatic carbocycles. The lowest BCUT2D eigenvalue weighted by Gasteiger charge is -2.25. The Morgan fingerprint density at radius 1 is 0.800 bits per heavy atom. The summed E-state index contributed by atoms with van der Waals surface area (Å²) in [5.74, 6) is -0.285. The molecule has 0 aromatic heterocycles. The summed E-state index contributed by atoms with van der Waals surface area (Å²) in [5, 5.41) is 0.447. The highest BCUT2D eigenvalue weighted by atomic mass is 35.5. The lowest BCUT2D eigenvalue weighted by atomic mass is 10.2. The van der Waals surface area contributed by atoms with Gasteiger partial charge in [-0.25, -0.2) is 8.42 Å². The summed E-state index contributed by atoms with van der Waals surface area (Å²) < 4.78 is 27.8. The molecule has 3 aromatic carbocycles. The Bertz CT molecular complexity index is 1070. The maximum Gasteiger partial charge on any atom is 0.243 e. The van der Waals surface area contributed by atoms with Crippen molar-refractivity contribution in [2.24, 2.45) is 0 Å². The third kappa shape index (κ3) is 5.69. The number of halogens is 1. The Morgan fingerprint density at radius 3 is 1.83 bits per heavy atom. The number of nitrogens with zero attached hydrogens (tertiary/aromatic N) is 2. The van der Waals surface area contributed by atoms with Crippen LogP contribution in [0.1, 0.15) is 11.1 Å². The van der Waals surface area contributed by atoms with Crippen molar-refractivity contribution in [1.29, 1.82) is 0 Å². The maximum absolute atomic E-state index is 13.3. The molecule has 1 amide bonds. The molecule has 156 valence electrons. The highest BCUT2D eigenvalue weighted by Gasteiger charge is 2.28. The van der Waals surface area contributed by atoms with Crippen LogP contribution in [0.3, 0.4) is 0 Å². The number of likely N-dealkylation sites (N-methyl/N-ethyl adjacent to an activating group) is 1. The van der Waals surface area contributed by atoms with Gasteiger partial charge < -0.3 is 4.90 Å². The Labute approximate surface area is 182 Å². The molecular formula is C23H23ClN2O3S. The first-order valence-electron chi connectivity index (χ1n) is 9.44. The monoisotopic (exact) mass is 442 g/mol. The molecule has 0 N–H and O–H groups in total. The molecule has 0 spiro atoms. The van der Waals surface area contributed by atoms with Gasteiger partial charge in [-0.1, -0.05) is 72.3 Å². The molecule has 0 unspecified atom stereocenters. The predicted molar refractivity (Wildman–Crippen MR) is 118 cm³/mol. The van der Waals surface area contributed by atoms with Crippen molar-refractivity contribution in [3.8, 4) is 0 Å². The normalized spacial score (nSPS) is 11.4. The van der Waals surface area contributed by atoms with E-state index in [1.54, 1.807) is 7.05 Å². The summed E-state index contributed by atoms with van der Waals surface area (Å²) in [6, 6.07) is 24.7. The van der Waals surface area contributed by atoms with E-state index < -0.39 is 10.0 Å². The van der Waals surface area contributed by atoms with Crippen molar-refractivity contribution in [3.05, 3.63) is 101 Å². The van der Waals surface area contributed by atoms with Crippen molar-refractivity contribution in [2.75, 3.05) is 13.6 Å². The number of carbonyl (C=O) groups is 1. The average Bonchev–Trinajstić information content (AvgIpc) is 2.75. The zero-order valence-electron chi connectivity index (χ0n) is 16.6. The van der Waals surface area contributed by atoms with Crippen LogP contribution in [0.2, 0.25) is 5.02 Å². The van der Waals surface area contributed by atoms with Gasteiger partial charge in [0, 0.05) is 25.2 Å². The molecule has 30 heavy (non-hydrogen) atoms. The third-order valence-electron chi connectivity index (χ3n) is 4.65. The number of hydrogen-bond donors (Lipinski definition) is 0. The Kier molecular flexibility index (Phi) is 7.26. The molecule has 7 heteroatoms. The quantitative estimate of drug-likeness (QED) is 0.525. The smallest absolute Gasteiger partial charge is 0.243 e. The highest BCUT2D eigenvalue weighted by Crippen LogP contribution is 2.21. The Balaban J connectivity index is 1.83. The summed E-state index contributed by atoms with van der Waals surface area (Å²) in [5.41, 5.74) is 1.78. The zero-order valence-corrected chi connectivity index (χ0v) is 18.2. The molecule has 0 aliphatic heterocycles. The van der Waals surface area contributed by atoms with Gasteiger partial charge >= 0.3 is 0 Å². The van der Waals surface area contributed by atoms with Crippen molar-refractivity contribution in [1.82, 2.24) is 9.21 Å². The first kappa shape index (κ1) is 22.0. The largest absolute Gasteiger partial charge is 0.340 e. The van der Waals surface area contributed by atoms with Crippen LogP contribution in [0.15, 0.2) is 89.8 Å². The minimum atomic E-state index is -3.89. The van der Waals surface area contributed by atoms with Crippen LogP contribution < -0.4 is 0 Å². The molecular weight excluding hydrogens is 420 g/mol. The SMILES string of the molecule is CN(Cc1ccccc1)C(=O)CN(Cc1ccccc1)S(=O)(=O)c1ccc(Cl)cc1. The first-order chi connectivity index (χ1) is 14.4. The number of rotatable bonds is 8. The van der Waals surface area contributed by atoms with Gasteiger partial charge in [-0.15, -0.1) is 0 Å². The summed E-state index contributed by atoms with van der Waals surface area (Å²) in [6.07, 6.45) is 0. The standard InChI is InChI=1S/C23H23ClN2O3S/c1-25(16-19-8-4-2-5-9-19)23(27)18-26(17-20-10-6-3-7-11-20)30(28,29)22-14-12-21(24)13-15-22/h2-15H,16-18H2,1H3.